The van der Waals surface area contributed by atoms with Crippen molar-refractivity contribution in [2.24, 2.45) is 0 Å². The molecule has 86 valence electrons. The average Bonchev–Trinajstić information content (AvgIpc) is 2.28. The van der Waals surface area contributed by atoms with Gasteiger partial charge < -0.3 is 5.11 Å². The van der Waals surface area contributed by atoms with Crippen molar-refractivity contribution in [3.8, 4) is 0 Å². The Morgan fingerprint density at radius 1 is 1.25 bits per heavy atom. The monoisotopic (exact) mass is 216 g/mol. The van der Waals surface area contributed by atoms with Crippen molar-refractivity contribution < 1.29 is 5.11 Å². The summed E-state index contributed by atoms with van der Waals surface area (Å²) >= 11 is 0. The Hall–Kier alpha value is -1.34. The molecule has 0 heterocycles. The van der Waals surface area contributed by atoms with Gasteiger partial charge in [0.05, 0.1) is 6.10 Å². The standard InChI is InChI=1S/C15H20O/c1-5-15(16)12(4)10-13-6-8-14(9-7-13)11(2)3/h5-11,15-16H,1H2,2-4H3/b12-10+. The SMILES string of the molecule is C=CC(O)/C(C)=C/c1ccc(C(C)C)cc1. The molecule has 1 aromatic rings. The molecule has 1 nitrogen and oxygen atoms in total. The van der Waals surface area contributed by atoms with Gasteiger partial charge in [0.2, 0.25) is 0 Å². The van der Waals surface area contributed by atoms with Crippen molar-refractivity contribution in [3.63, 3.8) is 0 Å². The molecule has 0 radical (unpaired) electrons. The van der Waals surface area contributed by atoms with Crippen LogP contribution in [0, 0.1) is 0 Å². The maximum atomic E-state index is 9.54. The Morgan fingerprint density at radius 2 is 1.81 bits per heavy atom. The fourth-order valence-corrected chi connectivity index (χ4v) is 1.51. The molecule has 0 saturated carbocycles. The summed E-state index contributed by atoms with van der Waals surface area (Å²) in [4.78, 5) is 0. The van der Waals surface area contributed by atoms with E-state index < -0.39 is 6.10 Å². The van der Waals surface area contributed by atoms with Gasteiger partial charge in [-0.15, -0.1) is 6.58 Å². The van der Waals surface area contributed by atoms with Gasteiger partial charge in [0, 0.05) is 0 Å². The zero-order chi connectivity index (χ0) is 12.1. The Morgan fingerprint density at radius 3 is 2.25 bits per heavy atom. The van der Waals surface area contributed by atoms with E-state index in [4.69, 9.17) is 0 Å². The molecule has 1 rings (SSSR count). The minimum Gasteiger partial charge on any atom is -0.385 e. The fraction of sp³-hybridized carbons (Fsp3) is 0.333. The molecule has 1 N–H and O–H groups in total. The van der Waals surface area contributed by atoms with Gasteiger partial charge in [-0.2, -0.15) is 0 Å². The van der Waals surface area contributed by atoms with Crippen LogP contribution < -0.4 is 0 Å². The Kier molecular flexibility index (Phi) is 4.51. The molecular formula is C15H20O. The predicted octanol–water partition coefficient (Wildman–Crippen LogP) is 3.76. The predicted molar refractivity (Wildman–Crippen MR) is 70.4 cm³/mol. The molecular weight excluding hydrogens is 196 g/mol. The van der Waals surface area contributed by atoms with Crippen LogP contribution in [0.25, 0.3) is 6.08 Å². The van der Waals surface area contributed by atoms with Gasteiger partial charge in [0.15, 0.2) is 0 Å². The largest absolute Gasteiger partial charge is 0.385 e. The molecule has 1 atom stereocenters. The Bertz CT molecular complexity index is 371. The molecule has 0 fully saturated rings. The van der Waals surface area contributed by atoms with Crippen LogP contribution in [0.4, 0.5) is 0 Å². The van der Waals surface area contributed by atoms with Crippen LogP contribution in [0.5, 0.6) is 0 Å². The molecule has 0 aliphatic rings. The van der Waals surface area contributed by atoms with E-state index in [1.165, 1.54) is 11.6 Å². The van der Waals surface area contributed by atoms with Crippen molar-refractivity contribution >= 4 is 6.08 Å². The van der Waals surface area contributed by atoms with Crippen LogP contribution in [0.2, 0.25) is 0 Å². The summed E-state index contributed by atoms with van der Waals surface area (Å²) in [7, 11) is 0. The summed E-state index contributed by atoms with van der Waals surface area (Å²) in [6, 6.07) is 8.41. The van der Waals surface area contributed by atoms with Crippen LogP contribution in [0.15, 0.2) is 42.5 Å². The molecule has 0 bridgehead atoms. The zero-order valence-electron chi connectivity index (χ0n) is 10.3. The van der Waals surface area contributed by atoms with Crippen LogP contribution in [-0.4, -0.2) is 11.2 Å². The van der Waals surface area contributed by atoms with Gasteiger partial charge in [-0.1, -0.05) is 50.3 Å². The summed E-state index contributed by atoms with van der Waals surface area (Å²) in [5.41, 5.74) is 3.36. The highest BCUT2D eigenvalue weighted by atomic mass is 16.3. The zero-order valence-corrected chi connectivity index (χ0v) is 10.3. The van der Waals surface area contributed by atoms with E-state index in [1.54, 1.807) is 0 Å². The first-order valence-corrected chi connectivity index (χ1v) is 5.63. The maximum absolute atomic E-state index is 9.54. The topological polar surface area (TPSA) is 20.2 Å². The van der Waals surface area contributed by atoms with Gasteiger partial charge in [0.1, 0.15) is 0 Å². The Balaban J connectivity index is 2.86. The third kappa shape index (κ3) is 3.35. The lowest BCUT2D eigenvalue weighted by Crippen LogP contribution is -2.02. The molecule has 0 aromatic heterocycles. The van der Waals surface area contributed by atoms with E-state index in [2.05, 4.69) is 44.7 Å². The van der Waals surface area contributed by atoms with Crippen molar-refractivity contribution in [2.45, 2.75) is 32.8 Å². The normalized spacial score (nSPS) is 13.9. The minimum atomic E-state index is -0.551. The lowest BCUT2D eigenvalue weighted by molar-refractivity contribution is 0.261. The first kappa shape index (κ1) is 12.7. The molecule has 0 spiro atoms. The molecule has 1 heteroatoms. The third-order valence-electron chi connectivity index (χ3n) is 2.69. The van der Waals surface area contributed by atoms with Gasteiger partial charge in [-0.3, -0.25) is 0 Å². The van der Waals surface area contributed by atoms with Crippen molar-refractivity contribution in [2.75, 3.05) is 0 Å². The highest BCUT2D eigenvalue weighted by Gasteiger charge is 2.01. The van der Waals surface area contributed by atoms with Crippen molar-refractivity contribution in [3.05, 3.63) is 53.6 Å². The van der Waals surface area contributed by atoms with E-state index in [9.17, 15) is 5.11 Å². The van der Waals surface area contributed by atoms with Crippen molar-refractivity contribution in [1.82, 2.24) is 0 Å². The van der Waals surface area contributed by atoms with Gasteiger partial charge in [-0.25, -0.2) is 0 Å². The maximum Gasteiger partial charge on any atom is 0.0929 e. The lowest BCUT2D eigenvalue weighted by atomic mass is 10.0. The van der Waals surface area contributed by atoms with Crippen LogP contribution in [-0.2, 0) is 0 Å². The molecule has 1 unspecified atom stereocenters. The highest BCUT2D eigenvalue weighted by Crippen LogP contribution is 2.17. The van der Waals surface area contributed by atoms with Crippen LogP contribution in [0.3, 0.4) is 0 Å². The number of benzene rings is 1. The molecule has 0 amide bonds. The first-order valence-electron chi connectivity index (χ1n) is 5.63. The van der Waals surface area contributed by atoms with E-state index in [0.717, 1.165) is 11.1 Å². The summed E-state index contributed by atoms with van der Waals surface area (Å²) in [6.45, 7) is 9.83. The summed E-state index contributed by atoms with van der Waals surface area (Å²) < 4.78 is 0. The van der Waals surface area contributed by atoms with E-state index >= 15 is 0 Å². The average molecular weight is 216 g/mol. The number of hydrogen-bond donors (Lipinski definition) is 1. The number of aliphatic hydroxyl groups is 1. The number of rotatable bonds is 4. The molecule has 1 aromatic carbocycles. The van der Waals surface area contributed by atoms with Crippen molar-refractivity contribution in [1.29, 1.82) is 0 Å². The second kappa shape index (κ2) is 5.66. The summed E-state index contributed by atoms with van der Waals surface area (Å²) in [5, 5.41) is 9.54. The van der Waals surface area contributed by atoms with Crippen LogP contribution >= 0.6 is 0 Å². The first-order chi connectivity index (χ1) is 7.54. The molecule has 0 saturated heterocycles. The second-order valence-corrected chi connectivity index (χ2v) is 4.39. The lowest BCUT2D eigenvalue weighted by Gasteiger charge is -2.07. The van der Waals surface area contributed by atoms with E-state index in [0.29, 0.717) is 5.92 Å². The highest BCUT2D eigenvalue weighted by molar-refractivity contribution is 5.54. The quantitative estimate of drug-likeness (QED) is 0.760. The molecule has 0 aliphatic carbocycles. The van der Waals surface area contributed by atoms with Gasteiger partial charge >= 0.3 is 0 Å². The molecule has 0 aliphatic heterocycles. The minimum absolute atomic E-state index is 0.551. The smallest absolute Gasteiger partial charge is 0.0929 e. The summed E-state index contributed by atoms with van der Waals surface area (Å²) in [6.07, 6.45) is 2.97. The number of aliphatic hydroxyl groups excluding tert-OH is 1. The fourth-order valence-electron chi connectivity index (χ4n) is 1.51. The second-order valence-electron chi connectivity index (χ2n) is 4.39. The molecule has 16 heavy (non-hydrogen) atoms. The Labute approximate surface area is 98.1 Å². The van der Waals surface area contributed by atoms with Gasteiger partial charge in [0.25, 0.3) is 0 Å². The summed E-state index contributed by atoms with van der Waals surface area (Å²) in [5.74, 6) is 0.554. The number of hydrogen-bond acceptors (Lipinski definition) is 1. The van der Waals surface area contributed by atoms with E-state index in [1.807, 2.05) is 13.0 Å². The van der Waals surface area contributed by atoms with Crippen LogP contribution in [0.1, 0.15) is 37.8 Å². The van der Waals surface area contributed by atoms with Gasteiger partial charge in [-0.05, 0) is 29.5 Å². The third-order valence-corrected chi connectivity index (χ3v) is 2.69. The van der Waals surface area contributed by atoms with E-state index in [-0.39, 0.29) is 0 Å².